The minimum atomic E-state index is -3.78. The summed E-state index contributed by atoms with van der Waals surface area (Å²) in [6.45, 7) is 1.72. The number of carbonyl (C=O) groups is 1. The quantitative estimate of drug-likeness (QED) is 0.576. The van der Waals surface area contributed by atoms with Crippen LogP contribution in [0.15, 0.2) is 64.4 Å². The molecule has 0 fully saturated rings. The molecule has 0 spiro atoms. The number of sulfonamides is 2. The maximum absolute atomic E-state index is 12.2. The van der Waals surface area contributed by atoms with Crippen LogP contribution in [0.2, 0.25) is 0 Å². The summed E-state index contributed by atoms with van der Waals surface area (Å²) in [6, 6.07) is 12.8. The number of nitrogens with one attached hydrogen (secondary N) is 2. The van der Waals surface area contributed by atoms with Crippen molar-refractivity contribution in [3.05, 3.63) is 60.2 Å². The van der Waals surface area contributed by atoms with E-state index in [4.69, 9.17) is 5.14 Å². The highest BCUT2D eigenvalue weighted by atomic mass is 32.2. The first-order valence-electron chi connectivity index (χ1n) is 8.06. The van der Waals surface area contributed by atoms with Crippen molar-refractivity contribution in [1.29, 1.82) is 0 Å². The average molecular weight is 412 g/mol. The second-order valence-electron chi connectivity index (χ2n) is 5.89. The van der Waals surface area contributed by atoms with Gasteiger partial charge < -0.3 is 5.32 Å². The van der Waals surface area contributed by atoms with Gasteiger partial charge in [-0.2, -0.15) is 4.72 Å². The fraction of sp³-hybridized carbons (Fsp3) is 0.235. The molecule has 0 aromatic heterocycles. The molecular weight excluding hydrogens is 390 g/mol. The molecule has 1 atom stereocenters. The third kappa shape index (κ3) is 6.14. The van der Waals surface area contributed by atoms with Crippen molar-refractivity contribution in [3.8, 4) is 0 Å². The molecule has 0 bridgehead atoms. The van der Waals surface area contributed by atoms with Crippen molar-refractivity contribution in [3.63, 3.8) is 0 Å². The van der Waals surface area contributed by atoms with E-state index < -0.39 is 32.0 Å². The van der Waals surface area contributed by atoms with Crippen molar-refractivity contribution in [1.82, 2.24) is 10.0 Å². The van der Waals surface area contributed by atoms with Crippen LogP contribution in [0, 0.1) is 0 Å². The van der Waals surface area contributed by atoms with E-state index in [1.807, 2.05) is 0 Å². The van der Waals surface area contributed by atoms with Gasteiger partial charge in [0.25, 0.3) is 0 Å². The van der Waals surface area contributed by atoms with Gasteiger partial charge in [-0.3, -0.25) is 4.79 Å². The van der Waals surface area contributed by atoms with Gasteiger partial charge in [0.2, 0.25) is 26.0 Å². The molecule has 2 aromatic rings. The first-order valence-corrected chi connectivity index (χ1v) is 11.1. The van der Waals surface area contributed by atoms with Crippen LogP contribution in [0.5, 0.6) is 0 Å². The lowest BCUT2D eigenvalue weighted by Gasteiger charge is -2.14. The SMILES string of the molecule is C[C@H](NS(=O)(=O)c1ccccc1)C(=O)NCCc1ccc(S(N)(=O)=O)cc1. The molecule has 0 radical (unpaired) electrons. The molecular formula is C17H21N3O5S2. The molecule has 146 valence electrons. The van der Waals surface area contributed by atoms with E-state index in [9.17, 15) is 21.6 Å². The molecule has 1 amide bonds. The predicted molar refractivity (Wildman–Crippen MR) is 101 cm³/mol. The Labute approximate surface area is 158 Å². The van der Waals surface area contributed by atoms with Gasteiger partial charge in [0.1, 0.15) is 0 Å². The van der Waals surface area contributed by atoms with Gasteiger partial charge in [-0.1, -0.05) is 30.3 Å². The number of amides is 1. The number of primary sulfonamides is 1. The summed E-state index contributed by atoms with van der Waals surface area (Å²) in [4.78, 5) is 12.2. The Morgan fingerprint density at radius 1 is 0.963 bits per heavy atom. The van der Waals surface area contributed by atoms with E-state index in [1.54, 1.807) is 30.3 Å². The van der Waals surface area contributed by atoms with Crippen molar-refractivity contribution in [2.24, 2.45) is 5.14 Å². The van der Waals surface area contributed by atoms with Crippen LogP contribution in [0.3, 0.4) is 0 Å². The summed E-state index contributed by atoms with van der Waals surface area (Å²) in [7, 11) is -7.52. The third-order valence-corrected chi connectivity index (χ3v) is 6.23. The zero-order valence-electron chi connectivity index (χ0n) is 14.6. The molecule has 0 aliphatic rings. The fourth-order valence-electron chi connectivity index (χ4n) is 2.28. The molecule has 0 aliphatic carbocycles. The monoisotopic (exact) mass is 411 g/mol. The van der Waals surface area contributed by atoms with Gasteiger partial charge in [-0.05, 0) is 43.2 Å². The minimum absolute atomic E-state index is 0.0132. The summed E-state index contributed by atoms with van der Waals surface area (Å²) in [5, 5.41) is 7.67. The van der Waals surface area contributed by atoms with Crippen LogP contribution in [0.25, 0.3) is 0 Å². The number of rotatable bonds is 8. The summed E-state index contributed by atoms with van der Waals surface area (Å²) < 4.78 is 49.1. The Kier molecular flexibility index (Phi) is 6.71. The first-order chi connectivity index (χ1) is 12.6. The number of carbonyl (C=O) groups excluding carboxylic acids is 1. The van der Waals surface area contributed by atoms with Crippen molar-refractivity contribution >= 4 is 26.0 Å². The van der Waals surface area contributed by atoms with Crippen LogP contribution in [-0.4, -0.2) is 35.3 Å². The summed E-state index contributed by atoms with van der Waals surface area (Å²) in [6.07, 6.45) is 0.453. The molecule has 0 heterocycles. The number of hydrogen-bond donors (Lipinski definition) is 3. The van der Waals surface area contributed by atoms with E-state index in [0.717, 1.165) is 5.56 Å². The molecule has 2 aromatic carbocycles. The minimum Gasteiger partial charge on any atom is -0.354 e. The van der Waals surface area contributed by atoms with Gasteiger partial charge in [0, 0.05) is 6.54 Å². The largest absolute Gasteiger partial charge is 0.354 e. The molecule has 4 N–H and O–H groups in total. The highest BCUT2D eigenvalue weighted by Crippen LogP contribution is 2.09. The first kappa shape index (κ1) is 21.0. The Morgan fingerprint density at radius 2 is 1.56 bits per heavy atom. The lowest BCUT2D eigenvalue weighted by atomic mass is 10.1. The number of nitrogens with two attached hydrogens (primary N) is 1. The summed E-state index contributed by atoms with van der Waals surface area (Å²) in [5.41, 5.74) is 0.806. The lowest BCUT2D eigenvalue weighted by Crippen LogP contribution is -2.45. The third-order valence-electron chi connectivity index (χ3n) is 3.74. The molecule has 8 nitrogen and oxygen atoms in total. The normalized spacial score (nSPS) is 13.1. The molecule has 2 rings (SSSR count). The lowest BCUT2D eigenvalue weighted by molar-refractivity contribution is -0.122. The van der Waals surface area contributed by atoms with Crippen molar-refractivity contribution in [2.45, 2.75) is 29.2 Å². The van der Waals surface area contributed by atoms with Gasteiger partial charge in [-0.15, -0.1) is 0 Å². The van der Waals surface area contributed by atoms with Crippen LogP contribution in [-0.2, 0) is 31.3 Å². The van der Waals surface area contributed by atoms with E-state index in [2.05, 4.69) is 10.0 Å². The second kappa shape index (κ2) is 8.61. The van der Waals surface area contributed by atoms with Gasteiger partial charge in [0.15, 0.2) is 0 Å². The molecule has 0 aliphatic heterocycles. The average Bonchev–Trinajstić information content (AvgIpc) is 2.61. The molecule has 0 saturated carbocycles. The maximum Gasteiger partial charge on any atom is 0.241 e. The number of hydrogen-bond acceptors (Lipinski definition) is 5. The molecule has 0 unspecified atom stereocenters. The number of benzene rings is 2. The Morgan fingerprint density at radius 3 is 2.11 bits per heavy atom. The predicted octanol–water partition coefficient (Wildman–Crippen LogP) is 0.360. The smallest absolute Gasteiger partial charge is 0.241 e. The van der Waals surface area contributed by atoms with Crippen LogP contribution >= 0.6 is 0 Å². The topological polar surface area (TPSA) is 135 Å². The van der Waals surface area contributed by atoms with Gasteiger partial charge >= 0.3 is 0 Å². The highest BCUT2D eigenvalue weighted by molar-refractivity contribution is 7.89. The highest BCUT2D eigenvalue weighted by Gasteiger charge is 2.21. The van der Waals surface area contributed by atoms with Crippen LogP contribution < -0.4 is 15.2 Å². The van der Waals surface area contributed by atoms with E-state index in [-0.39, 0.29) is 16.3 Å². The van der Waals surface area contributed by atoms with Crippen LogP contribution in [0.1, 0.15) is 12.5 Å². The summed E-state index contributed by atoms with van der Waals surface area (Å²) in [5.74, 6) is -0.462. The summed E-state index contributed by atoms with van der Waals surface area (Å²) >= 11 is 0. The maximum atomic E-state index is 12.2. The fourth-order valence-corrected chi connectivity index (χ4v) is 4.02. The van der Waals surface area contributed by atoms with Gasteiger partial charge in [-0.25, -0.2) is 22.0 Å². The molecule has 27 heavy (non-hydrogen) atoms. The zero-order valence-corrected chi connectivity index (χ0v) is 16.3. The standard InChI is InChI=1S/C17H21N3O5S2/c1-13(20-27(24,25)16-5-3-2-4-6-16)17(21)19-12-11-14-7-9-15(10-8-14)26(18,22)23/h2-10,13,20H,11-12H2,1H3,(H,19,21)(H2,18,22,23)/t13-/m0/s1. The Hall–Kier alpha value is -2.27. The van der Waals surface area contributed by atoms with E-state index >= 15 is 0 Å². The Bertz CT molecular complexity index is 989. The van der Waals surface area contributed by atoms with E-state index in [0.29, 0.717) is 6.42 Å². The second-order valence-corrected chi connectivity index (χ2v) is 9.16. The van der Waals surface area contributed by atoms with Gasteiger partial charge in [0.05, 0.1) is 15.8 Å². The van der Waals surface area contributed by atoms with E-state index in [1.165, 1.54) is 31.2 Å². The zero-order chi connectivity index (χ0) is 20.1. The van der Waals surface area contributed by atoms with Crippen molar-refractivity contribution < 1.29 is 21.6 Å². The Balaban J connectivity index is 1.86. The molecule has 10 heteroatoms. The van der Waals surface area contributed by atoms with Crippen molar-refractivity contribution in [2.75, 3.05) is 6.54 Å². The van der Waals surface area contributed by atoms with Crippen LogP contribution in [0.4, 0.5) is 0 Å². The molecule has 0 saturated heterocycles.